The SMILES string of the molecule is C=C1c2ccccc2SC2(c3ccccc31)c1ccccc1-c1ccc(N(c3ccccc3)c3ccc(C)c(C4=C(C)CCC=C4)c3)cc12.CC1=CC=CCC1.CC1c2ccccc2-c2cc(N)ccc21. The van der Waals surface area contributed by atoms with Crippen molar-refractivity contribution < 1.29 is 0 Å². The third-order valence-electron chi connectivity index (χ3n) is 15.0. The Hall–Kier alpha value is -7.59. The molecule has 13 rings (SSSR count). The van der Waals surface area contributed by atoms with Gasteiger partial charge >= 0.3 is 0 Å². The van der Waals surface area contributed by atoms with Crippen LogP contribution in [0.3, 0.4) is 0 Å². The maximum atomic E-state index is 5.83. The first-order chi connectivity index (χ1) is 34.7. The van der Waals surface area contributed by atoms with Crippen LogP contribution in [-0.4, -0.2) is 0 Å². The molecule has 1 heterocycles. The summed E-state index contributed by atoms with van der Waals surface area (Å²) in [6.45, 7) is 13.6. The Morgan fingerprint density at radius 1 is 0.535 bits per heavy atom. The molecule has 2 nitrogen and oxygen atoms in total. The largest absolute Gasteiger partial charge is 0.399 e. The van der Waals surface area contributed by atoms with Crippen LogP contribution in [0, 0.1) is 6.92 Å². The molecule has 0 fully saturated rings. The van der Waals surface area contributed by atoms with Gasteiger partial charge in [-0.1, -0.05) is 182 Å². The third-order valence-corrected chi connectivity index (χ3v) is 16.6. The molecule has 0 amide bonds. The number of hydrogen-bond donors (Lipinski definition) is 1. The molecule has 8 aromatic rings. The molecule has 8 aromatic carbocycles. The number of nitrogens with zero attached hydrogens (tertiary/aromatic N) is 1. The van der Waals surface area contributed by atoms with Gasteiger partial charge in [-0.2, -0.15) is 0 Å². The van der Waals surface area contributed by atoms with Crippen molar-refractivity contribution in [2.45, 2.75) is 68.9 Å². The Kier molecular flexibility index (Phi) is 12.5. The molecular weight excluding hydrogens is 877 g/mol. The van der Waals surface area contributed by atoms with Crippen molar-refractivity contribution >= 4 is 45.7 Å². The molecule has 71 heavy (non-hydrogen) atoms. The van der Waals surface area contributed by atoms with Gasteiger partial charge in [-0.15, -0.1) is 11.8 Å². The second-order valence-electron chi connectivity index (χ2n) is 19.5. The zero-order valence-electron chi connectivity index (χ0n) is 41.3. The molecule has 0 aromatic heterocycles. The van der Waals surface area contributed by atoms with Crippen molar-refractivity contribution in [3.8, 4) is 22.3 Å². The number of anilines is 4. The minimum absolute atomic E-state index is 0.455. The minimum Gasteiger partial charge on any atom is -0.399 e. The summed E-state index contributed by atoms with van der Waals surface area (Å²) in [5.41, 5.74) is 32.5. The number of allylic oxidation sites excluding steroid dienone is 8. The van der Waals surface area contributed by atoms with Crippen LogP contribution in [0.4, 0.5) is 22.7 Å². The maximum Gasteiger partial charge on any atom is 0.0973 e. The van der Waals surface area contributed by atoms with E-state index in [2.05, 4.69) is 245 Å². The molecule has 2 atom stereocenters. The highest BCUT2D eigenvalue weighted by atomic mass is 32.2. The van der Waals surface area contributed by atoms with Crippen LogP contribution in [0.25, 0.3) is 33.4 Å². The number of hydrogen-bond acceptors (Lipinski definition) is 3. The fraction of sp³-hybridized carbons (Fsp3) is 0.147. The molecule has 0 saturated carbocycles. The van der Waals surface area contributed by atoms with Crippen LogP contribution < -0.4 is 10.6 Å². The number of rotatable bonds is 4. The average molecular weight is 937 g/mol. The first-order valence-electron chi connectivity index (χ1n) is 25.2. The van der Waals surface area contributed by atoms with Gasteiger partial charge in [0.25, 0.3) is 0 Å². The van der Waals surface area contributed by atoms with Gasteiger partial charge in [-0.05, 0) is 185 Å². The summed E-state index contributed by atoms with van der Waals surface area (Å²) in [5.74, 6) is 0.497. The predicted octanol–water partition coefficient (Wildman–Crippen LogP) is 18.7. The Bertz CT molecular complexity index is 3490. The van der Waals surface area contributed by atoms with Gasteiger partial charge < -0.3 is 10.6 Å². The zero-order valence-corrected chi connectivity index (χ0v) is 42.1. The van der Waals surface area contributed by atoms with Gasteiger partial charge in [0.2, 0.25) is 0 Å². The van der Waals surface area contributed by atoms with E-state index in [1.165, 1.54) is 107 Å². The van der Waals surface area contributed by atoms with Gasteiger partial charge in [0.15, 0.2) is 0 Å². The number of aryl methyl sites for hydroxylation is 1. The summed E-state index contributed by atoms with van der Waals surface area (Å²) in [5, 5.41) is 0. The number of nitrogens with two attached hydrogens (primary N) is 1. The van der Waals surface area contributed by atoms with Crippen molar-refractivity contribution in [2.24, 2.45) is 0 Å². The van der Waals surface area contributed by atoms with Crippen LogP contribution in [0.15, 0.2) is 235 Å². The average Bonchev–Trinajstić information content (AvgIpc) is 3.81. The molecule has 0 radical (unpaired) electrons. The number of fused-ring (bicyclic) bond motifs is 11. The van der Waals surface area contributed by atoms with E-state index in [0.717, 1.165) is 41.2 Å². The van der Waals surface area contributed by atoms with Crippen molar-refractivity contribution in [2.75, 3.05) is 10.6 Å². The predicted molar refractivity (Wildman–Crippen MR) is 305 cm³/mol. The summed E-state index contributed by atoms with van der Waals surface area (Å²) < 4.78 is -0.455. The molecule has 4 aliphatic carbocycles. The molecular formula is C68H60N2S. The number of benzene rings is 8. The molecule has 1 spiro atoms. The quantitative estimate of drug-likeness (QED) is 0.178. The van der Waals surface area contributed by atoms with Crippen LogP contribution in [0.2, 0.25) is 0 Å². The molecule has 348 valence electrons. The number of para-hydroxylation sites is 1. The fourth-order valence-corrected chi connectivity index (χ4v) is 13.0. The van der Waals surface area contributed by atoms with E-state index < -0.39 is 4.75 Å². The topological polar surface area (TPSA) is 29.3 Å². The fourth-order valence-electron chi connectivity index (χ4n) is 11.3. The van der Waals surface area contributed by atoms with Crippen molar-refractivity contribution in [1.29, 1.82) is 0 Å². The Morgan fingerprint density at radius 3 is 1.92 bits per heavy atom. The van der Waals surface area contributed by atoms with Crippen LogP contribution in [0.5, 0.6) is 0 Å². The highest BCUT2D eigenvalue weighted by Crippen LogP contribution is 2.64. The van der Waals surface area contributed by atoms with Crippen LogP contribution >= 0.6 is 11.8 Å². The molecule has 5 aliphatic rings. The van der Waals surface area contributed by atoms with E-state index >= 15 is 0 Å². The van der Waals surface area contributed by atoms with E-state index in [4.69, 9.17) is 5.73 Å². The molecule has 2 N–H and O–H groups in total. The number of thioether (sulfide) groups is 1. The Morgan fingerprint density at radius 2 is 1.17 bits per heavy atom. The lowest BCUT2D eigenvalue weighted by Gasteiger charge is -2.34. The van der Waals surface area contributed by atoms with Gasteiger partial charge in [0, 0.05) is 33.6 Å². The van der Waals surface area contributed by atoms with E-state index in [9.17, 15) is 0 Å². The highest BCUT2D eigenvalue weighted by Gasteiger charge is 2.49. The van der Waals surface area contributed by atoms with Gasteiger partial charge in [-0.25, -0.2) is 0 Å². The minimum atomic E-state index is -0.455. The second-order valence-corrected chi connectivity index (χ2v) is 20.8. The zero-order chi connectivity index (χ0) is 48.6. The van der Waals surface area contributed by atoms with Crippen molar-refractivity contribution in [1.82, 2.24) is 0 Å². The normalized spacial score (nSPS) is 17.5. The lowest BCUT2D eigenvalue weighted by Crippen LogP contribution is -2.24. The Labute approximate surface area is 425 Å². The summed E-state index contributed by atoms with van der Waals surface area (Å²) in [7, 11) is 0. The molecule has 0 bridgehead atoms. The monoisotopic (exact) mass is 936 g/mol. The lowest BCUT2D eigenvalue weighted by molar-refractivity contribution is 0.925. The summed E-state index contributed by atoms with van der Waals surface area (Å²) in [6, 6.07) is 66.4. The molecule has 0 saturated heterocycles. The summed E-state index contributed by atoms with van der Waals surface area (Å²) in [4.78, 5) is 3.69. The third kappa shape index (κ3) is 8.32. The van der Waals surface area contributed by atoms with E-state index in [1.807, 2.05) is 17.8 Å². The van der Waals surface area contributed by atoms with Crippen molar-refractivity contribution in [3.63, 3.8) is 0 Å². The van der Waals surface area contributed by atoms with Crippen LogP contribution in [-0.2, 0) is 4.75 Å². The Balaban J connectivity index is 0.000000203. The van der Waals surface area contributed by atoms with Gasteiger partial charge in [0.1, 0.15) is 0 Å². The van der Waals surface area contributed by atoms with Gasteiger partial charge in [-0.3, -0.25) is 0 Å². The second kappa shape index (κ2) is 19.3. The van der Waals surface area contributed by atoms with E-state index in [1.54, 1.807) is 0 Å². The van der Waals surface area contributed by atoms with E-state index in [-0.39, 0.29) is 0 Å². The molecule has 1 aliphatic heterocycles. The van der Waals surface area contributed by atoms with Gasteiger partial charge in [0.05, 0.1) is 4.75 Å². The number of nitrogen functional groups attached to an aromatic ring is 1. The first kappa shape index (κ1) is 45.8. The standard InChI is InChI=1S/C47H37NS.C14H13N.C7H10/c1-31-15-7-8-18-37(31)42-29-35(26-25-32(42)2)48(34-16-5-4-6-17-34)36-27-28-41-40-21-10-13-23-44(40)47(45(41)30-36)43-22-12-9-19-38(43)33(3)39-20-11-14-24-46(39)49-47;1-9-11-4-2-3-5-13(11)14-8-10(15)6-7-12(9)14;1-7-5-3-2-4-6-7/h4-6,8-14,16-30H,3,7,15H2,1-2H3;2-9H,15H2,1H3;2-3,5H,4,6H2,1H3. The smallest absolute Gasteiger partial charge is 0.0973 e. The highest BCUT2D eigenvalue weighted by molar-refractivity contribution is 8.00. The first-order valence-corrected chi connectivity index (χ1v) is 26.0. The lowest BCUT2D eigenvalue weighted by atomic mass is 9.82. The van der Waals surface area contributed by atoms with E-state index in [0.29, 0.717) is 5.92 Å². The molecule has 3 heteroatoms. The summed E-state index contributed by atoms with van der Waals surface area (Å²) in [6.07, 6.45) is 15.9. The van der Waals surface area contributed by atoms with Crippen LogP contribution in [0.1, 0.15) is 102 Å². The summed E-state index contributed by atoms with van der Waals surface area (Å²) >= 11 is 1.96. The molecule has 2 unspecified atom stereocenters. The van der Waals surface area contributed by atoms with Crippen molar-refractivity contribution in [3.05, 3.63) is 280 Å². The maximum absolute atomic E-state index is 5.83.